The van der Waals surface area contributed by atoms with Crippen LogP contribution >= 0.6 is 0 Å². The van der Waals surface area contributed by atoms with Crippen molar-refractivity contribution in [2.45, 2.75) is 6.92 Å². The van der Waals surface area contributed by atoms with Gasteiger partial charge in [0, 0.05) is 7.05 Å². The molecule has 5 heteroatoms. The van der Waals surface area contributed by atoms with Crippen LogP contribution in [0.2, 0.25) is 0 Å². The number of rotatable bonds is 1. The van der Waals surface area contributed by atoms with E-state index in [0.717, 1.165) is 0 Å². The number of amides is 1. The first-order chi connectivity index (χ1) is 5.16. The van der Waals surface area contributed by atoms with Crippen molar-refractivity contribution in [3.8, 4) is 0 Å². The Labute approximate surface area is 63.5 Å². The van der Waals surface area contributed by atoms with Crippen LogP contribution in [0.15, 0.2) is 4.52 Å². The molecule has 0 saturated heterocycles. The maximum absolute atomic E-state index is 10.9. The molecule has 1 rings (SSSR count). The van der Waals surface area contributed by atoms with E-state index < -0.39 is 0 Å². The first-order valence-corrected chi connectivity index (χ1v) is 3.10. The maximum Gasteiger partial charge on any atom is 0.275 e. The molecule has 0 aliphatic heterocycles. The molecule has 5 nitrogen and oxygen atoms in total. The second kappa shape index (κ2) is 2.61. The summed E-state index contributed by atoms with van der Waals surface area (Å²) in [6.07, 6.45) is 0. The highest BCUT2D eigenvalue weighted by atomic mass is 16.5. The fourth-order valence-electron chi connectivity index (χ4n) is 0.661. The van der Waals surface area contributed by atoms with Crippen molar-refractivity contribution >= 4 is 11.6 Å². The molecule has 11 heavy (non-hydrogen) atoms. The molecule has 0 radical (unpaired) electrons. The fraction of sp³-hybridized carbons (Fsp3) is 0.333. The normalized spacial score (nSPS) is 9.64. The molecule has 0 aliphatic carbocycles. The number of nitrogens with two attached hydrogens (primary N) is 1. The van der Waals surface area contributed by atoms with Crippen molar-refractivity contribution in [2.24, 2.45) is 0 Å². The van der Waals surface area contributed by atoms with Crippen LogP contribution in [0.25, 0.3) is 0 Å². The van der Waals surface area contributed by atoms with Gasteiger partial charge in [-0.2, -0.15) is 0 Å². The topological polar surface area (TPSA) is 81.2 Å². The van der Waals surface area contributed by atoms with Gasteiger partial charge in [0.15, 0.2) is 11.5 Å². The highest BCUT2D eigenvalue weighted by molar-refractivity contribution is 5.97. The third kappa shape index (κ3) is 1.17. The van der Waals surface area contributed by atoms with E-state index in [1.165, 1.54) is 7.05 Å². The number of nitrogens with one attached hydrogen (secondary N) is 1. The minimum atomic E-state index is -0.334. The lowest BCUT2D eigenvalue weighted by Crippen LogP contribution is -2.19. The molecule has 0 aromatic carbocycles. The van der Waals surface area contributed by atoms with E-state index in [1.54, 1.807) is 6.92 Å². The minimum absolute atomic E-state index is 0.144. The van der Waals surface area contributed by atoms with E-state index in [1.807, 2.05) is 0 Å². The second-order valence-corrected chi connectivity index (χ2v) is 2.08. The lowest BCUT2D eigenvalue weighted by atomic mass is 10.3. The summed E-state index contributed by atoms with van der Waals surface area (Å²) >= 11 is 0. The van der Waals surface area contributed by atoms with Crippen LogP contribution < -0.4 is 11.1 Å². The Morgan fingerprint density at radius 1 is 1.73 bits per heavy atom. The van der Waals surface area contributed by atoms with Crippen LogP contribution in [0.5, 0.6) is 0 Å². The summed E-state index contributed by atoms with van der Waals surface area (Å²) in [5.41, 5.74) is 5.90. The molecule has 0 unspecified atom stereocenters. The van der Waals surface area contributed by atoms with E-state index in [9.17, 15) is 4.79 Å². The lowest BCUT2D eigenvalue weighted by molar-refractivity contribution is 0.0955. The SMILES string of the molecule is CNC(=O)c1noc(C)c1N. The highest BCUT2D eigenvalue weighted by Crippen LogP contribution is 2.14. The minimum Gasteiger partial charge on any atom is -0.394 e. The van der Waals surface area contributed by atoms with Crippen LogP contribution in [0, 0.1) is 6.92 Å². The monoisotopic (exact) mass is 155 g/mol. The predicted octanol–water partition coefficient (Wildman–Crippen LogP) is -0.0752. The van der Waals surface area contributed by atoms with E-state index in [2.05, 4.69) is 15.0 Å². The van der Waals surface area contributed by atoms with Gasteiger partial charge in [-0.25, -0.2) is 0 Å². The molecular weight excluding hydrogens is 146 g/mol. The number of hydrogen-bond donors (Lipinski definition) is 2. The molecular formula is C6H9N3O2. The van der Waals surface area contributed by atoms with Crippen molar-refractivity contribution in [3.05, 3.63) is 11.5 Å². The largest absolute Gasteiger partial charge is 0.394 e. The molecule has 0 atom stereocenters. The van der Waals surface area contributed by atoms with Gasteiger partial charge in [-0.05, 0) is 6.92 Å². The Morgan fingerprint density at radius 3 is 2.73 bits per heavy atom. The molecule has 1 aromatic heterocycles. The molecule has 1 heterocycles. The van der Waals surface area contributed by atoms with Gasteiger partial charge < -0.3 is 15.6 Å². The molecule has 0 spiro atoms. The van der Waals surface area contributed by atoms with Crippen LogP contribution in [0.4, 0.5) is 5.69 Å². The van der Waals surface area contributed by atoms with Crippen molar-refractivity contribution < 1.29 is 9.32 Å². The molecule has 0 bridgehead atoms. The zero-order chi connectivity index (χ0) is 8.43. The number of carbonyl (C=O) groups is 1. The second-order valence-electron chi connectivity index (χ2n) is 2.08. The van der Waals surface area contributed by atoms with Crippen LogP contribution in [-0.4, -0.2) is 18.1 Å². The zero-order valence-electron chi connectivity index (χ0n) is 6.34. The Bertz CT molecular complexity index is 279. The standard InChI is InChI=1S/C6H9N3O2/c1-3-4(7)5(9-11-3)6(10)8-2/h7H2,1-2H3,(H,8,10). The summed E-state index contributed by atoms with van der Waals surface area (Å²) in [5, 5.41) is 5.87. The summed E-state index contributed by atoms with van der Waals surface area (Å²) in [6, 6.07) is 0. The quantitative estimate of drug-likeness (QED) is 0.594. The van der Waals surface area contributed by atoms with E-state index in [-0.39, 0.29) is 11.6 Å². The first-order valence-electron chi connectivity index (χ1n) is 3.10. The van der Waals surface area contributed by atoms with Gasteiger partial charge in [0.05, 0.1) is 0 Å². The summed E-state index contributed by atoms with van der Waals surface area (Å²) < 4.78 is 4.68. The first kappa shape index (κ1) is 7.59. The third-order valence-electron chi connectivity index (χ3n) is 1.35. The summed E-state index contributed by atoms with van der Waals surface area (Å²) in [4.78, 5) is 10.9. The van der Waals surface area contributed by atoms with E-state index >= 15 is 0 Å². The van der Waals surface area contributed by atoms with Gasteiger partial charge in [0.2, 0.25) is 0 Å². The summed E-state index contributed by atoms with van der Waals surface area (Å²) in [5.74, 6) is 0.128. The van der Waals surface area contributed by atoms with Crippen LogP contribution in [0.3, 0.4) is 0 Å². The molecule has 1 aromatic rings. The number of nitrogens with zero attached hydrogens (tertiary/aromatic N) is 1. The summed E-state index contributed by atoms with van der Waals surface area (Å²) in [7, 11) is 1.51. The smallest absolute Gasteiger partial charge is 0.275 e. The third-order valence-corrected chi connectivity index (χ3v) is 1.35. The van der Waals surface area contributed by atoms with Crippen molar-refractivity contribution in [3.63, 3.8) is 0 Å². The molecule has 0 fully saturated rings. The van der Waals surface area contributed by atoms with Gasteiger partial charge in [-0.3, -0.25) is 4.79 Å². The van der Waals surface area contributed by atoms with Gasteiger partial charge in [-0.1, -0.05) is 5.16 Å². The van der Waals surface area contributed by atoms with Gasteiger partial charge in [-0.15, -0.1) is 0 Å². The zero-order valence-corrected chi connectivity index (χ0v) is 6.34. The Morgan fingerprint density at radius 2 is 2.36 bits per heavy atom. The van der Waals surface area contributed by atoms with E-state index in [4.69, 9.17) is 5.73 Å². The van der Waals surface area contributed by atoms with Gasteiger partial charge >= 0.3 is 0 Å². The van der Waals surface area contributed by atoms with Crippen molar-refractivity contribution in [2.75, 3.05) is 12.8 Å². The number of carbonyl (C=O) groups excluding carboxylic acids is 1. The molecule has 0 saturated carbocycles. The van der Waals surface area contributed by atoms with Gasteiger partial charge in [0.1, 0.15) is 5.69 Å². The average molecular weight is 155 g/mol. The van der Waals surface area contributed by atoms with E-state index in [0.29, 0.717) is 11.4 Å². The number of anilines is 1. The lowest BCUT2D eigenvalue weighted by Gasteiger charge is -1.92. The maximum atomic E-state index is 10.9. The molecule has 0 aliphatic rings. The summed E-state index contributed by atoms with van der Waals surface area (Å²) in [6.45, 7) is 1.65. The van der Waals surface area contributed by atoms with Crippen molar-refractivity contribution in [1.29, 1.82) is 0 Å². The fourth-order valence-corrected chi connectivity index (χ4v) is 0.661. The van der Waals surface area contributed by atoms with Crippen molar-refractivity contribution in [1.82, 2.24) is 10.5 Å². The number of nitrogen functional groups attached to an aromatic ring is 1. The Hall–Kier alpha value is -1.52. The highest BCUT2D eigenvalue weighted by Gasteiger charge is 2.14. The predicted molar refractivity (Wildman–Crippen MR) is 39.0 cm³/mol. The molecule has 1 amide bonds. The Kier molecular flexibility index (Phi) is 1.80. The number of aryl methyl sites for hydroxylation is 1. The molecule has 60 valence electrons. The molecule has 3 N–H and O–H groups in total. The van der Waals surface area contributed by atoms with Crippen LogP contribution in [0.1, 0.15) is 16.2 Å². The number of aromatic nitrogens is 1. The van der Waals surface area contributed by atoms with Crippen LogP contribution in [-0.2, 0) is 0 Å². The Balaban J connectivity index is 3.04. The average Bonchev–Trinajstić information content (AvgIpc) is 2.32. The van der Waals surface area contributed by atoms with Gasteiger partial charge in [0.25, 0.3) is 5.91 Å². The number of hydrogen-bond acceptors (Lipinski definition) is 4.